The van der Waals surface area contributed by atoms with Gasteiger partial charge in [0, 0.05) is 11.7 Å². The molecule has 0 aliphatic carbocycles. The van der Waals surface area contributed by atoms with Crippen molar-refractivity contribution in [3.8, 4) is 11.5 Å². The average Bonchev–Trinajstić information content (AvgIpc) is 3.04. The van der Waals surface area contributed by atoms with Crippen LogP contribution in [0.4, 0.5) is 5.82 Å². The van der Waals surface area contributed by atoms with E-state index in [4.69, 9.17) is 9.40 Å². The topological polar surface area (TPSA) is 42.5 Å². The Bertz CT molecular complexity index is 836. The van der Waals surface area contributed by atoms with Gasteiger partial charge in [-0.1, -0.05) is 26.8 Å². The summed E-state index contributed by atoms with van der Waals surface area (Å²) in [4.78, 5) is 4.84. The number of fused-ring (bicyclic) bond motifs is 1. The van der Waals surface area contributed by atoms with Crippen LogP contribution in [-0.2, 0) is 0 Å². The van der Waals surface area contributed by atoms with Crippen LogP contribution in [-0.4, -0.2) is 14.9 Å². The molecule has 0 aliphatic heterocycles. The molecule has 0 radical (unpaired) electrons. The highest BCUT2D eigenvalue weighted by atomic mass is 16.3. The molecule has 3 aromatic heterocycles. The molecule has 0 saturated heterocycles. The molecule has 0 unspecified atom stereocenters. The first-order chi connectivity index (χ1) is 11.2. The Kier molecular flexibility index (Phi) is 3.94. The normalized spacial score (nSPS) is 12.8. The maximum Gasteiger partial charge on any atom is 0.156 e. The minimum atomic E-state index is -0.0701. The second-order valence-corrected chi connectivity index (χ2v) is 8.42. The van der Waals surface area contributed by atoms with Crippen molar-refractivity contribution in [1.82, 2.24) is 9.38 Å². The van der Waals surface area contributed by atoms with E-state index in [0.717, 1.165) is 34.9 Å². The molecule has 3 aromatic rings. The average molecular weight is 325 g/mol. The number of furan rings is 1. The molecule has 0 fully saturated rings. The minimum absolute atomic E-state index is 0.0701. The van der Waals surface area contributed by atoms with Crippen molar-refractivity contribution in [2.45, 2.75) is 53.5 Å². The third-order valence-corrected chi connectivity index (χ3v) is 4.03. The molecular weight excluding hydrogens is 298 g/mol. The Morgan fingerprint density at radius 2 is 1.88 bits per heavy atom. The van der Waals surface area contributed by atoms with Crippen molar-refractivity contribution in [3.05, 3.63) is 42.3 Å². The van der Waals surface area contributed by atoms with Crippen molar-refractivity contribution in [2.75, 3.05) is 5.32 Å². The van der Waals surface area contributed by atoms with Gasteiger partial charge < -0.3 is 9.73 Å². The fraction of sp³-hybridized carbons (Fsp3) is 0.450. The largest absolute Gasteiger partial charge is 0.463 e. The smallest absolute Gasteiger partial charge is 0.156 e. The highest BCUT2D eigenvalue weighted by Gasteiger charge is 2.28. The summed E-state index contributed by atoms with van der Waals surface area (Å²) in [6, 6.07) is 7.99. The van der Waals surface area contributed by atoms with Crippen molar-refractivity contribution in [2.24, 2.45) is 5.41 Å². The molecule has 0 bridgehead atoms. The third kappa shape index (κ3) is 3.32. The lowest BCUT2D eigenvalue weighted by molar-refractivity contribution is 0.302. The van der Waals surface area contributed by atoms with E-state index in [1.165, 1.54) is 0 Å². The molecule has 4 nitrogen and oxygen atoms in total. The van der Waals surface area contributed by atoms with E-state index in [2.05, 4.69) is 69.6 Å². The van der Waals surface area contributed by atoms with Crippen molar-refractivity contribution in [3.63, 3.8) is 0 Å². The third-order valence-electron chi connectivity index (χ3n) is 4.03. The number of rotatable bonds is 4. The summed E-state index contributed by atoms with van der Waals surface area (Å²) in [6.07, 6.45) is 4.78. The molecule has 0 spiro atoms. The van der Waals surface area contributed by atoms with E-state index in [1.807, 2.05) is 12.1 Å². The molecule has 3 rings (SSSR count). The Morgan fingerprint density at radius 3 is 2.50 bits per heavy atom. The van der Waals surface area contributed by atoms with Crippen LogP contribution in [0.3, 0.4) is 0 Å². The maximum atomic E-state index is 5.63. The zero-order valence-electron chi connectivity index (χ0n) is 15.5. The Hall–Kier alpha value is -2.23. The Balaban J connectivity index is 2.12. The van der Waals surface area contributed by atoms with Gasteiger partial charge in [-0.15, -0.1) is 0 Å². The van der Waals surface area contributed by atoms with Gasteiger partial charge in [-0.05, 0) is 56.4 Å². The molecule has 1 N–H and O–H groups in total. The SMILES string of the molecule is Cc1cccn2c(NC(C)(C)CC(C)(C)C)c(-c3ccco3)nc12. The summed E-state index contributed by atoms with van der Waals surface area (Å²) in [6.45, 7) is 13.4. The lowest BCUT2D eigenvalue weighted by Gasteiger charge is -2.34. The fourth-order valence-corrected chi connectivity index (χ4v) is 3.60. The van der Waals surface area contributed by atoms with E-state index in [1.54, 1.807) is 6.26 Å². The molecule has 0 aliphatic rings. The van der Waals surface area contributed by atoms with Crippen LogP contribution in [0.2, 0.25) is 0 Å². The van der Waals surface area contributed by atoms with Crippen molar-refractivity contribution >= 4 is 11.5 Å². The molecule has 0 amide bonds. The Morgan fingerprint density at radius 1 is 1.12 bits per heavy atom. The van der Waals surface area contributed by atoms with Crippen molar-refractivity contribution < 1.29 is 4.42 Å². The zero-order valence-corrected chi connectivity index (χ0v) is 15.5. The summed E-state index contributed by atoms with van der Waals surface area (Å²) in [5, 5.41) is 3.72. The minimum Gasteiger partial charge on any atom is -0.463 e. The van der Waals surface area contributed by atoms with E-state index >= 15 is 0 Å². The number of aryl methyl sites for hydroxylation is 1. The number of nitrogens with one attached hydrogen (secondary N) is 1. The number of aromatic nitrogens is 2. The first-order valence-corrected chi connectivity index (χ1v) is 8.46. The molecule has 128 valence electrons. The first kappa shape index (κ1) is 16.6. The van der Waals surface area contributed by atoms with Gasteiger partial charge in [-0.3, -0.25) is 4.40 Å². The second kappa shape index (κ2) is 5.69. The molecule has 0 atom stereocenters. The first-order valence-electron chi connectivity index (χ1n) is 8.46. The summed E-state index contributed by atoms with van der Waals surface area (Å²) in [7, 11) is 0. The summed E-state index contributed by atoms with van der Waals surface area (Å²) in [5.74, 6) is 1.77. The van der Waals surface area contributed by atoms with Crippen LogP contribution in [0.1, 0.15) is 46.6 Å². The molecule has 3 heterocycles. The molecule has 0 saturated carbocycles. The van der Waals surface area contributed by atoms with Crippen LogP contribution in [0, 0.1) is 12.3 Å². The monoisotopic (exact) mass is 325 g/mol. The second-order valence-electron chi connectivity index (χ2n) is 8.42. The number of hydrogen-bond acceptors (Lipinski definition) is 3. The molecule has 4 heteroatoms. The van der Waals surface area contributed by atoms with Crippen LogP contribution >= 0.6 is 0 Å². The van der Waals surface area contributed by atoms with E-state index in [-0.39, 0.29) is 11.0 Å². The number of anilines is 1. The number of imidazole rings is 1. The van der Waals surface area contributed by atoms with Gasteiger partial charge in [0.2, 0.25) is 0 Å². The van der Waals surface area contributed by atoms with Crippen LogP contribution in [0.5, 0.6) is 0 Å². The van der Waals surface area contributed by atoms with Crippen molar-refractivity contribution in [1.29, 1.82) is 0 Å². The summed E-state index contributed by atoms with van der Waals surface area (Å²) < 4.78 is 7.75. The summed E-state index contributed by atoms with van der Waals surface area (Å²) >= 11 is 0. The molecule has 24 heavy (non-hydrogen) atoms. The quantitative estimate of drug-likeness (QED) is 0.686. The number of pyridine rings is 1. The van der Waals surface area contributed by atoms with Gasteiger partial charge in [0.1, 0.15) is 17.2 Å². The number of nitrogens with zero attached hydrogens (tertiary/aromatic N) is 2. The van der Waals surface area contributed by atoms with Gasteiger partial charge in [0.05, 0.1) is 6.26 Å². The van der Waals surface area contributed by atoms with Gasteiger partial charge in [0.15, 0.2) is 5.76 Å². The zero-order chi connectivity index (χ0) is 17.5. The van der Waals surface area contributed by atoms with Crippen LogP contribution < -0.4 is 5.32 Å². The lowest BCUT2D eigenvalue weighted by Crippen LogP contribution is -2.36. The standard InChI is InChI=1S/C20H27N3O/c1-14-9-7-11-23-17(14)21-16(15-10-8-12-24-15)18(23)22-20(5,6)13-19(2,3)4/h7-12,22H,13H2,1-6H3. The summed E-state index contributed by atoms with van der Waals surface area (Å²) in [5.41, 5.74) is 3.12. The predicted octanol–water partition coefficient (Wildman–Crippen LogP) is 5.53. The fourth-order valence-electron chi connectivity index (χ4n) is 3.60. The van der Waals surface area contributed by atoms with Gasteiger partial charge in [-0.25, -0.2) is 4.98 Å². The van der Waals surface area contributed by atoms with Crippen LogP contribution in [0.25, 0.3) is 17.1 Å². The number of hydrogen-bond donors (Lipinski definition) is 1. The molecule has 0 aromatic carbocycles. The Labute approximate surface area is 143 Å². The predicted molar refractivity (Wildman–Crippen MR) is 99.4 cm³/mol. The van der Waals surface area contributed by atoms with Crippen LogP contribution in [0.15, 0.2) is 41.1 Å². The van der Waals surface area contributed by atoms with Gasteiger partial charge in [0.25, 0.3) is 0 Å². The highest BCUT2D eigenvalue weighted by Crippen LogP contribution is 2.35. The van der Waals surface area contributed by atoms with E-state index < -0.39 is 0 Å². The van der Waals surface area contributed by atoms with Gasteiger partial charge >= 0.3 is 0 Å². The lowest BCUT2D eigenvalue weighted by atomic mass is 9.82. The van der Waals surface area contributed by atoms with E-state index in [0.29, 0.717) is 0 Å². The molecular formula is C20H27N3O. The van der Waals surface area contributed by atoms with E-state index in [9.17, 15) is 0 Å². The maximum absolute atomic E-state index is 5.63. The van der Waals surface area contributed by atoms with Gasteiger partial charge in [-0.2, -0.15) is 0 Å². The highest BCUT2D eigenvalue weighted by molar-refractivity contribution is 5.75.